The second-order valence-electron chi connectivity index (χ2n) is 5.11. The first kappa shape index (κ1) is 14.0. The van der Waals surface area contributed by atoms with Crippen LogP contribution in [0.25, 0.3) is 0 Å². The van der Waals surface area contributed by atoms with Crippen molar-refractivity contribution in [1.29, 1.82) is 0 Å². The van der Waals surface area contributed by atoms with Gasteiger partial charge in [0.05, 0.1) is 32.3 Å². The maximum Gasteiger partial charge on any atom is 0.227 e. The predicted molar refractivity (Wildman–Crippen MR) is 73.0 cm³/mol. The van der Waals surface area contributed by atoms with E-state index in [-0.39, 0.29) is 18.6 Å². The molecule has 0 bridgehead atoms. The molecule has 1 unspecified atom stereocenters. The summed E-state index contributed by atoms with van der Waals surface area (Å²) in [6.07, 6.45) is 0.393. The van der Waals surface area contributed by atoms with Crippen molar-refractivity contribution >= 4 is 5.91 Å². The van der Waals surface area contributed by atoms with Crippen LogP contribution < -0.4 is 0 Å². The van der Waals surface area contributed by atoms with Crippen molar-refractivity contribution in [3.63, 3.8) is 0 Å². The van der Waals surface area contributed by atoms with E-state index in [0.29, 0.717) is 26.2 Å². The highest BCUT2D eigenvalue weighted by Gasteiger charge is 2.26. The molecule has 1 saturated heterocycles. The van der Waals surface area contributed by atoms with E-state index < -0.39 is 0 Å². The molecule has 0 saturated carbocycles. The molecule has 1 aromatic carbocycles. The van der Waals surface area contributed by atoms with Gasteiger partial charge < -0.3 is 14.7 Å². The second kappa shape index (κ2) is 6.17. The zero-order valence-corrected chi connectivity index (χ0v) is 11.6. The van der Waals surface area contributed by atoms with Crippen LogP contribution in [0.3, 0.4) is 0 Å². The van der Waals surface area contributed by atoms with Gasteiger partial charge in [-0.3, -0.25) is 4.79 Å². The normalized spacial score (nSPS) is 19.5. The maximum atomic E-state index is 12.4. The molecule has 1 amide bonds. The second-order valence-corrected chi connectivity index (χ2v) is 5.11. The Balaban J connectivity index is 2.09. The topological polar surface area (TPSA) is 49.8 Å². The standard InChI is InChI=1S/C15H21NO3/c1-11-3-4-12(2)13(7-11)8-15(18)16-5-6-19-10-14(16)9-17/h3-4,7,14,17H,5-6,8-10H2,1-2H3. The summed E-state index contributed by atoms with van der Waals surface area (Å²) in [7, 11) is 0. The molecule has 1 aliphatic rings. The number of aliphatic hydroxyl groups excluding tert-OH is 1. The number of hydrogen-bond acceptors (Lipinski definition) is 3. The van der Waals surface area contributed by atoms with Crippen molar-refractivity contribution in [1.82, 2.24) is 4.90 Å². The van der Waals surface area contributed by atoms with E-state index in [9.17, 15) is 9.90 Å². The molecule has 1 aliphatic heterocycles. The highest BCUT2D eigenvalue weighted by Crippen LogP contribution is 2.15. The molecule has 4 heteroatoms. The molecule has 19 heavy (non-hydrogen) atoms. The molecule has 1 aromatic rings. The molecule has 0 aliphatic carbocycles. The number of morpholine rings is 1. The minimum atomic E-state index is -0.202. The summed E-state index contributed by atoms with van der Waals surface area (Å²) in [6.45, 7) is 5.54. The van der Waals surface area contributed by atoms with E-state index >= 15 is 0 Å². The first-order valence-electron chi connectivity index (χ1n) is 6.66. The molecule has 0 spiro atoms. The summed E-state index contributed by atoms with van der Waals surface area (Å²) in [6, 6.07) is 5.95. The van der Waals surface area contributed by atoms with E-state index in [4.69, 9.17) is 4.74 Å². The van der Waals surface area contributed by atoms with Gasteiger partial charge in [0.25, 0.3) is 0 Å². The lowest BCUT2D eigenvalue weighted by Gasteiger charge is -2.34. The van der Waals surface area contributed by atoms with Gasteiger partial charge in [0.15, 0.2) is 0 Å². The van der Waals surface area contributed by atoms with Crippen LogP contribution in [0.15, 0.2) is 18.2 Å². The van der Waals surface area contributed by atoms with Crippen LogP contribution in [-0.4, -0.2) is 48.3 Å². The van der Waals surface area contributed by atoms with Gasteiger partial charge in [-0.25, -0.2) is 0 Å². The summed E-state index contributed by atoms with van der Waals surface area (Å²) in [5.41, 5.74) is 3.36. The number of hydrogen-bond donors (Lipinski definition) is 1. The average Bonchev–Trinajstić information content (AvgIpc) is 2.42. The van der Waals surface area contributed by atoms with Crippen molar-refractivity contribution in [2.75, 3.05) is 26.4 Å². The van der Waals surface area contributed by atoms with Gasteiger partial charge in [-0.05, 0) is 25.0 Å². The lowest BCUT2D eigenvalue weighted by molar-refractivity contribution is -0.140. The quantitative estimate of drug-likeness (QED) is 0.887. The zero-order valence-electron chi connectivity index (χ0n) is 11.6. The number of carbonyl (C=O) groups excluding carboxylic acids is 1. The van der Waals surface area contributed by atoms with Crippen molar-refractivity contribution in [3.05, 3.63) is 34.9 Å². The maximum absolute atomic E-state index is 12.4. The fourth-order valence-electron chi connectivity index (χ4n) is 2.39. The molecule has 4 nitrogen and oxygen atoms in total. The van der Waals surface area contributed by atoms with Gasteiger partial charge in [-0.2, -0.15) is 0 Å². The fourth-order valence-corrected chi connectivity index (χ4v) is 2.39. The average molecular weight is 263 g/mol. The van der Waals surface area contributed by atoms with Crippen LogP contribution >= 0.6 is 0 Å². The van der Waals surface area contributed by atoms with E-state index in [1.54, 1.807) is 4.90 Å². The molecule has 0 aromatic heterocycles. The number of ether oxygens (including phenoxy) is 1. The largest absolute Gasteiger partial charge is 0.394 e. The SMILES string of the molecule is Cc1ccc(C)c(CC(=O)N2CCOCC2CO)c1. The van der Waals surface area contributed by atoms with Gasteiger partial charge in [-0.15, -0.1) is 0 Å². The van der Waals surface area contributed by atoms with E-state index in [1.165, 1.54) is 0 Å². The van der Waals surface area contributed by atoms with Crippen LogP contribution in [0.4, 0.5) is 0 Å². The molecule has 1 N–H and O–H groups in total. The molecule has 1 fully saturated rings. The van der Waals surface area contributed by atoms with Crippen molar-refractivity contribution in [3.8, 4) is 0 Å². The number of benzene rings is 1. The zero-order chi connectivity index (χ0) is 13.8. The Morgan fingerprint density at radius 3 is 3.00 bits per heavy atom. The molecular weight excluding hydrogens is 242 g/mol. The third kappa shape index (κ3) is 3.33. The van der Waals surface area contributed by atoms with E-state index in [1.807, 2.05) is 19.9 Å². The highest BCUT2D eigenvalue weighted by atomic mass is 16.5. The lowest BCUT2D eigenvalue weighted by Crippen LogP contribution is -2.51. The first-order valence-corrected chi connectivity index (χ1v) is 6.66. The number of amides is 1. The molecule has 1 heterocycles. The Bertz CT molecular complexity index is 459. The van der Waals surface area contributed by atoms with E-state index in [2.05, 4.69) is 12.1 Å². The molecular formula is C15H21NO3. The van der Waals surface area contributed by atoms with Crippen LogP contribution in [0.5, 0.6) is 0 Å². The third-order valence-corrected chi connectivity index (χ3v) is 3.60. The van der Waals surface area contributed by atoms with Crippen LogP contribution in [-0.2, 0) is 16.0 Å². The Morgan fingerprint density at radius 2 is 2.26 bits per heavy atom. The highest BCUT2D eigenvalue weighted by molar-refractivity contribution is 5.79. The Morgan fingerprint density at radius 1 is 1.47 bits per heavy atom. The van der Waals surface area contributed by atoms with Gasteiger partial charge in [-0.1, -0.05) is 23.8 Å². The van der Waals surface area contributed by atoms with Gasteiger partial charge in [0.2, 0.25) is 5.91 Å². The monoisotopic (exact) mass is 263 g/mol. The van der Waals surface area contributed by atoms with Crippen molar-refractivity contribution in [2.45, 2.75) is 26.3 Å². The smallest absolute Gasteiger partial charge is 0.227 e. The van der Waals surface area contributed by atoms with Crippen LogP contribution in [0.2, 0.25) is 0 Å². The number of carbonyl (C=O) groups is 1. The molecule has 1 atom stereocenters. The summed E-state index contributed by atoms with van der Waals surface area (Å²) in [5.74, 6) is 0.0658. The lowest BCUT2D eigenvalue weighted by atomic mass is 10.0. The minimum Gasteiger partial charge on any atom is -0.394 e. The van der Waals surface area contributed by atoms with Crippen LogP contribution in [0.1, 0.15) is 16.7 Å². The van der Waals surface area contributed by atoms with Crippen LogP contribution in [0, 0.1) is 13.8 Å². The van der Waals surface area contributed by atoms with Gasteiger partial charge in [0, 0.05) is 6.54 Å². The third-order valence-electron chi connectivity index (χ3n) is 3.60. The predicted octanol–water partition coefficient (Wildman–Crippen LogP) is 1.07. The Kier molecular flexibility index (Phi) is 4.56. The number of rotatable bonds is 3. The fraction of sp³-hybridized carbons (Fsp3) is 0.533. The summed E-state index contributed by atoms with van der Waals surface area (Å²) in [4.78, 5) is 14.1. The van der Waals surface area contributed by atoms with Gasteiger partial charge >= 0.3 is 0 Å². The Hall–Kier alpha value is -1.39. The van der Waals surface area contributed by atoms with Crippen molar-refractivity contribution in [2.24, 2.45) is 0 Å². The molecule has 2 rings (SSSR count). The summed E-state index contributed by atoms with van der Waals surface area (Å²) >= 11 is 0. The molecule has 104 valence electrons. The van der Waals surface area contributed by atoms with E-state index in [0.717, 1.165) is 16.7 Å². The molecule has 0 radical (unpaired) electrons. The number of nitrogens with zero attached hydrogens (tertiary/aromatic N) is 1. The van der Waals surface area contributed by atoms with Crippen molar-refractivity contribution < 1.29 is 14.6 Å². The summed E-state index contributed by atoms with van der Waals surface area (Å²) in [5, 5.41) is 9.30. The van der Waals surface area contributed by atoms with Gasteiger partial charge in [0.1, 0.15) is 0 Å². The number of aliphatic hydroxyl groups is 1. The minimum absolute atomic E-state index is 0.0431. The first-order chi connectivity index (χ1) is 9.11. The summed E-state index contributed by atoms with van der Waals surface area (Å²) < 4.78 is 5.29. The Labute approximate surface area is 114 Å². The number of aryl methyl sites for hydroxylation is 2.